The van der Waals surface area contributed by atoms with Gasteiger partial charge in [0.15, 0.2) is 0 Å². The van der Waals surface area contributed by atoms with Crippen LogP contribution in [-0.2, 0) is 6.54 Å². The molecule has 1 aromatic heterocycles. The summed E-state index contributed by atoms with van der Waals surface area (Å²) in [5.41, 5.74) is 6.71. The molecule has 0 atom stereocenters. The molecule has 4 nitrogen and oxygen atoms in total. The summed E-state index contributed by atoms with van der Waals surface area (Å²) in [6, 6.07) is 8.20. The van der Waals surface area contributed by atoms with Gasteiger partial charge in [0.25, 0.3) is 0 Å². The zero-order valence-electron chi connectivity index (χ0n) is 8.72. The van der Waals surface area contributed by atoms with E-state index in [1.54, 1.807) is 0 Å². The molecule has 84 valence electrons. The van der Waals surface area contributed by atoms with Crippen LogP contribution in [-0.4, -0.2) is 16.4 Å². The van der Waals surface area contributed by atoms with E-state index < -0.39 is 0 Å². The summed E-state index contributed by atoms with van der Waals surface area (Å²) in [7, 11) is 1.97. The molecule has 0 aliphatic heterocycles. The second-order valence-electron chi connectivity index (χ2n) is 3.42. The van der Waals surface area contributed by atoms with Crippen LogP contribution in [0.15, 0.2) is 28.7 Å². The van der Waals surface area contributed by atoms with E-state index in [1.165, 1.54) is 17.1 Å². The Morgan fingerprint density at radius 3 is 2.62 bits per heavy atom. The van der Waals surface area contributed by atoms with Crippen LogP contribution in [0.5, 0.6) is 0 Å². The average molecular weight is 299 g/mol. The predicted octanol–water partition coefficient (Wildman–Crippen LogP) is 2.52. The van der Waals surface area contributed by atoms with Crippen molar-refractivity contribution in [2.75, 3.05) is 17.7 Å². The van der Waals surface area contributed by atoms with Gasteiger partial charge in [-0.25, -0.2) is 0 Å². The Labute approximate surface area is 106 Å². The molecular weight excluding hydrogens is 288 g/mol. The fraction of sp³-hybridized carbons (Fsp3) is 0.200. The summed E-state index contributed by atoms with van der Waals surface area (Å²) >= 11 is 4.72. The lowest BCUT2D eigenvalue weighted by molar-refractivity contribution is 0.915. The molecule has 16 heavy (non-hydrogen) atoms. The van der Waals surface area contributed by atoms with E-state index in [-0.39, 0.29) is 0 Å². The molecule has 0 aliphatic carbocycles. The van der Waals surface area contributed by atoms with Crippen LogP contribution >= 0.6 is 27.5 Å². The van der Waals surface area contributed by atoms with Gasteiger partial charge in [-0.1, -0.05) is 28.1 Å². The number of benzene rings is 1. The summed E-state index contributed by atoms with van der Waals surface area (Å²) in [4.78, 5) is 6.15. The minimum absolute atomic E-state index is 0.336. The number of aromatic nitrogens is 2. The quantitative estimate of drug-likeness (QED) is 0.946. The van der Waals surface area contributed by atoms with Crippen LogP contribution in [0.1, 0.15) is 5.56 Å². The first kappa shape index (κ1) is 11.3. The number of nitrogen functional groups attached to an aromatic ring is 1. The lowest BCUT2D eigenvalue weighted by atomic mass is 10.2. The predicted molar refractivity (Wildman–Crippen MR) is 70.6 cm³/mol. The number of hydrogen-bond donors (Lipinski definition) is 1. The minimum atomic E-state index is 0.336. The first-order chi connectivity index (χ1) is 7.65. The van der Waals surface area contributed by atoms with Crippen molar-refractivity contribution >= 4 is 38.5 Å². The topological polar surface area (TPSA) is 55.0 Å². The zero-order chi connectivity index (χ0) is 11.5. The second-order valence-corrected chi connectivity index (χ2v) is 5.06. The molecule has 1 heterocycles. The van der Waals surface area contributed by atoms with Gasteiger partial charge >= 0.3 is 0 Å². The van der Waals surface area contributed by atoms with Gasteiger partial charge in [-0.3, -0.25) is 0 Å². The lowest BCUT2D eigenvalue weighted by Crippen LogP contribution is -2.16. The molecule has 0 fully saturated rings. The molecule has 0 saturated carbocycles. The molecule has 1 aromatic carbocycles. The van der Waals surface area contributed by atoms with E-state index in [4.69, 9.17) is 5.73 Å². The normalized spacial score (nSPS) is 10.4. The third kappa shape index (κ3) is 2.70. The standard InChI is InChI=1S/C10H11BrN4S/c1-15(10-13-9(12)14-16-10)6-7-2-4-8(11)5-3-7/h2-5H,6H2,1H3,(H2,12,14). The second kappa shape index (κ2) is 4.80. The fourth-order valence-electron chi connectivity index (χ4n) is 1.31. The maximum Gasteiger partial charge on any atom is 0.233 e. The number of halogens is 1. The fourth-order valence-corrected chi connectivity index (χ4v) is 2.13. The lowest BCUT2D eigenvalue weighted by Gasteiger charge is -2.14. The molecule has 0 amide bonds. The Morgan fingerprint density at radius 1 is 1.38 bits per heavy atom. The van der Waals surface area contributed by atoms with Crippen molar-refractivity contribution in [3.8, 4) is 0 Å². The summed E-state index contributed by atoms with van der Waals surface area (Å²) < 4.78 is 5.04. The third-order valence-electron chi connectivity index (χ3n) is 2.09. The largest absolute Gasteiger partial charge is 0.367 e. The smallest absolute Gasteiger partial charge is 0.233 e. The minimum Gasteiger partial charge on any atom is -0.367 e. The molecule has 2 N–H and O–H groups in total. The van der Waals surface area contributed by atoms with Gasteiger partial charge in [0.2, 0.25) is 11.1 Å². The van der Waals surface area contributed by atoms with Gasteiger partial charge < -0.3 is 10.6 Å². The zero-order valence-corrected chi connectivity index (χ0v) is 11.1. The van der Waals surface area contributed by atoms with E-state index in [0.29, 0.717) is 5.95 Å². The van der Waals surface area contributed by atoms with Crippen LogP contribution < -0.4 is 10.6 Å². The van der Waals surface area contributed by atoms with Crippen LogP contribution in [0.25, 0.3) is 0 Å². The van der Waals surface area contributed by atoms with E-state index in [9.17, 15) is 0 Å². The number of hydrogen-bond acceptors (Lipinski definition) is 5. The number of rotatable bonds is 3. The van der Waals surface area contributed by atoms with Crippen molar-refractivity contribution in [3.63, 3.8) is 0 Å². The summed E-state index contributed by atoms with van der Waals surface area (Å²) in [5.74, 6) is 0.336. The number of nitrogens with two attached hydrogens (primary N) is 1. The highest BCUT2D eigenvalue weighted by molar-refractivity contribution is 9.10. The SMILES string of the molecule is CN(Cc1ccc(Br)cc1)c1nc(N)ns1. The van der Waals surface area contributed by atoms with Crippen LogP contribution in [0, 0.1) is 0 Å². The molecular formula is C10H11BrN4S. The van der Waals surface area contributed by atoms with Crippen LogP contribution in [0.2, 0.25) is 0 Å². The third-order valence-corrected chi connectivity index (χ3v) is 3.46. The van der Waals surface area contributed by atoms with E-state index >= 15 is 0 Å². The van der Waals surface area contributed by atoms with E-state index in [1.807, 2.05) is 24.1 Å². The van der Waals surface area contributed by atoms with Crippen molar-refractivity contribution in [3.05, 3.63) is 34.3 Å². The monoisotopic (exact) mass is 298 g/mol. The summed E-state index contributed by atoms with van der Waals surface area (Å²) in [6.07, 6.45) is 0. The van der Waals surface area contributed by atoms with Crippen LogP contribution in [0.4, 0.5) is 11.1 Å². The van der Waals surface area contributed by atoms with E-state index in [0.717, 1.165) is 16.1 Å². The molecule has 2 rings (SSSR count). The highest BCUT2D eigenvalue weighted by atomic mass is 79.9. The number of nitrogens with zero attached hydrogens (tertiary/aromatic N) is 3. The average Bonchev–Trinajstić information content (AvgIpc) is 2.68. The van der Waals surface area contributed by atoms with Gasteiger partial charge in [0.1, 0.15) is 0 Å². The molecule has 0 saturated heterocycles. The van der Waals surface area contributed by atoms with Crippen LogP contribution in [0.3, 0.4) is 0 Å². The Bertz CT molecular complexity index is 468. The van der Waals surface area contributed by atoms with Gasteiger partial charge in [0, 0.05) is 29.6 Å². The first-order valence-corrected chi connectivity index (χ1v) is 6.26. The molecule has 0 radical (unpaired) electrons. The number of anilines is 2. The molecule has 0 aliphatic rings. The highest BCUT2D eigenvalue weighted by Gasteiger charge is 2.07. The first-order valence-electron chi connectivity index (χ1n) is 4.70. The van der Waals surface area contributed by atoms with Crippen molar-refractivity contribution < 1.29 is 0 Å². The van der Waals surface area contributed by atoms with Crippen molar-refractivity contribution in [1.82, 2.24) is 9.36 Å². The molecule has 0 bridgehead atoms. The van der Waals surface area contributed by atoms with Gasteiger partial charge in [0.05, 0.1) is 0 Å². The maximum atomic E-state index is 5.48. The maximum absolute atomic E-state index is 5.48. The van der Waals surface area contributed by atoms with E-state index in [2.05, 4.69) is 37.4 Å². The molecule has 0 unspecified atom stereocenters. The Morgan fingerprint density at radius 2 is 2.06 bits per heavy atom. The van der Waals surface area contributed by atoms with Gasteiger partial charge in [-0.05, 0) is 17.7 Å². The summed E-state index contributed by atoms with van der Waals surface area (Å²) in [6.45, 7) is 0.794. The molecule has 6 heteroatoms. The van der Waals surface area contributed by atoms with Crippen molar-refractivity contribution in [2.24, 2.45) is 0 Å². The van der Waals surface area contributed by atoms with Crippen molar-refractivity contribution in [2.45, 2.75) is 6.54 Å². The summed E-state index contributed by atoms with van der Waals surface area (Å²) in [5, 5.41) is 0.834. The van der Waals surface area contributed by atoms with Gasteiger partial charge in [-0.15, -0.1) is 0 Å². The van der Waals surface area contributed by atoms with Gasteiger partial charge in [-0.2, -0.15) is 9.36 Å². The highest BCUT2D eigenvalue weighted by Crippen LogP contribution is 2.19. The Balaban J connectivity index is 2.07. The Kier molecular flexibility index (Phi) is 3.40. The molecule has 2 aromatic rings. The van der Waals surface area contributed by atoms with Crippen molar-refractivity contribution in [1.29, 1.82) is 0 Å². The molecule has 0 spiro atoms. The Hall–Kier alpha value is -1.14.